The molecule has 1 heterocycles. The van der Waals surface area contributed by atoms with Crippen LogP contribution in [0.3, 0.4) is 0 Å². The Labute approximate surface area is 114 Å². The monoisotopic (exact) mass is 261 g/mol. The number of halogens is 1. The van der Waals surface area contributed by atoms with Crippen LogP contribution in [-0.2, 0) is 0 Å². The number of hydrogen-bond donors (Lipinski definition) is 0. The molecule has 2 rings (SSSR count). The molecular weight excluding hydrogens is 241 g/mol. The molecule has 2 atom stereocenters. The Bertz CT molecular complexity index is 469. The van der Waals surface area contributed by atoms with Gasteiger partial charge in [0.1, 0.15) is 5.82 Å². The first-order chi connectivity index (χ1) is 9.10. The summed E-state index contributed by atoms with van der Waals surface area (Å²) in [5.74, 6) is 0.288. The molecule has 102 valence electrons. The summed E-state index contributed by atoms with van der Waals surface area (Å²) in [5, 5.41) is 8.94. The number of nitrogens with zero attached hydrogens (tertiary/aromatic N) is 3. The molecule has 1 saturated heterocycles. The molecule has 1 aromatic carbocycles. The van der Waals surface area contributed by atoms with Gasteiger partial charge in [-0.25, -0.2) is 4.39 Å². The molecule has 1 aromatic rings. The van der Waals surface area contributed by atoms with Crippen molar-refractivity contribution >= 4 is 5.69 Å². The zero-order valence-corrected chi connectivity index (χ0v) is 11.5. The van der Waals surface area contributed by atoms with Gasteiger partial charge in [0.25, 0.3) is 0 Å². The average Bonchev–Trinajstić information content (AvgIpc) is 2.49. The predicted molar refractivity (Wildman–Crippen MR) is 74.4 cm³/mol. The Morgan fingerprint density at radius 3 is 2.84 bits per heavy atom. The quantitative estimate of drug-likeness (QED) is 0.819. The molecule has 0 saturated carbocycles. The molecule has 1 aliphatic rings. The summed E-state index contributed by atoms with van der Waals surface area (Å²) < 4.78 is 13.4. The minimum atomic E-state index is -0.209. The fraction of sp³-hybridized carbons (Fsp3) is 0.533. The van der Waals surface area contributed by atoms with Crippen molar-refractivity contribution in [1.82, 2.24) is 4.90 Å². The molecule has 0 spiro atoms. The molecular formula is C15H20FN3. The van der Waals surface area contributed by atoms with Gasteiger partial charge in [0, 0.05) is 31.4 Å². The van der Waals surface area contributed by atoms with Crippen molar-refractivity contribution in [2.45, 2.75) is 19.4 Å². The van der Waals surface area contributed by atoms with Gasteiger partial charge in [0.2, 0.25) is 0 Å². The molecule has 0 amide bonds. The van der Waals surface area contributed by atoms with Crippen LogP contribution in [0.1, 0.15) is 13.3 Å². The number of rotatable bonds is 2. The van der Waals surface area contributed by atoms with E-state index in [4.69, 9.17) is 5.26 Å². The van der Waals surface area contributed by atoms with Crippen molar-refractivity contribution in [3.63, 3.8) is 0 Å². The second-order valence-electron chi connectivity index (χ2n) is 5.45. The number of benzene rings is 1. The second kappa shape index (κ2) is 6.03. The van der Waals surface area contributed by atoms with Crippen LogP contribution in [0.15, 0.2) is 24.3 Å². The van der Waals surface area contributed by atoms with E-state index in [1.54, 1.807) is 12.1 Å². The molecule has 1 fully saturated rings. The van der Waals surface area contributed by atoms with Crippen molar-refractivity contribution in [2.24, 2.45) is 5.92 Å². The fourth-order valence-electron chi connectivity index (χ4n) is 2.75. The van der Waals surface area contributed by atoms with E-state index in [1.807, 2.05) is 6.07 Å². The summed E-state index contributed by atoms with van der Waals surface area (Å²) >= 11 is 0. The molecule has 0 aliphatic carbocycles. The Kier molecular flexibility index (Phi) is 4.39. The maximum Gasteiger partial charge on any atom is 0.125 e. The lowest BCUT2D eigenvalue weighted by Crippen LogP contribution is -2.38. The lowest BCUT2D eigenvalue weighted by atomic mass is 10.1. The summed E-state index contributed by atoms with van der Waals surface area (Å²) in [6.07, 6.45) is 0.509. The number of hydrogen-bond acceptors (Lipinski definition) is 3. The zero-order chi connectivity index (χ0) is 13.8. The minimum absolute atomic E-state index is 0.207. The topological polar surface area (TPSA) is 30.3 Å². The first-order valence-electron chi connectivity index (χ1n) is 6.68. The highest BCUT2D eigenvalue weighted by Crippen LogP contribution is 2.22. The number of nitriles is 1. The largest absolute Gasteiger partial charge is 0.370 e. The highest BCUT2D eigenvalue weighted by atomic mass is 19.1. The third kappa shape index (κ3) is 3.45. The van der Waals surface area contributed by atoms with Crippen molar-refractivity contribution < 1.29 is 4.39 Å². The van der Waals surface area contributed by atoms with E-state index in [-0.39, 0.29) is 11.9 Å². The third-order valence-electron chi connectivity index (χ3n) is 3.69. The van der Waals surface area contributed by atoms with Crippen molar-refractivity contribution in [3.8, 4) is 6.07 Å². The predicted octanol–water partition coefficient (Wildman–Crippen LogP) is 2.50. The standard InChI is InChI=1S/C15H20FN3/c1-12-9-18(2)15(6-7-17)11-19(10-12)14-5-3-4-13(16)8-14/h3-5,8,12,15H,6,9-11H2,1-2H3. The highest BCUT2D eigenvalue weighted by molar-refractivity contribution is 5.47. The van der Waals surface area contributed by atoms with E-state index in [9.17, 15) is 4.39 Å². The normalized spacial score (nSPS) is 24.8. The fourth-order valence-corrected chi connectivity index (χ4v) is 2.75. The minimum Gasteiger partial charge on any atom is -0.370 e. The molecule has 0 N–H and O–H groups in total. The van der Waals surface area contributed by atoms with E-state index in [1.165, 1.54) is 6.07 Å². The molecule has 3 nitrogen and oxygen atoms in total. The Hall–Kier alpha value is -1.60. The molecule has 0 aromatic heterocycles. The van der Waals surface area contributed by atoms with Gasteiger partial charge in [-0.2, -0.15) is 5.26 Å². The van der Waals surface area contributed by atoms with Gasteiger partial charge in [-0.1, -0.05) is 13.0 Å². The third-order valence-corrected chi connectivity index (χ3v) is 3.69. The first-order valence-corrected chi connectivity index (χ1v) is 6.68. The summed E-state index contributed by atoms with van der Waals surface area (Å²) in [5.41, 5.74) is 0.907. The Morgan fingerprint density at radius 2 is 2.16 bits per heavy atom. The molecule has 19 heavy (non-hydrogen) atoms. The lowest BCUT2D eigenvalue weighted by molar-refractivity contribution is 0.241. The zero-order valence-electron chi connectivity index (χ0n) is 11.5. The highest BCUT2D eigenvalue weighted by Gasteiger charge is 2.25. The van der Waals surface area contributed by atoms with Gasteiger partial charge < -0.3 is 9.80 Å². The van der Waals surface area contributed by atoms with Crippen LogP contribution in [0.4, 0.5) is 10.1 Å². The van der Waals surface area contributed by atoms with Crippen LogP contribution in [0.5, 0.6) is 0 Å². The molecule has 0 radical (unpaired) electrons. The first kappa shape index (κ1) is 13.8. The summed E-state index contributed by atoms with van der Waals surface area (Å²) in [7, 11) is 2.06. The van der Waals surface area contributed by atoms with Crippen LogP contribution in [-0.4, -0.2) is 37.6 Å². The van der Waals surface area contributed by atoms with E-state index in [2.05, 4.69) is 29.8 Å². The van der Waals surface area contributed by atoms with Crippen molar-refractivity contribution in [2.75, 3.05) is 31.6 Å². The van der Waals surface area contributed by atoms with Crippen LogP contribution >= 0.6 is 0 Å². The van der Waals surface area contributed by atoms with E-state index in [0.29, 0.717) is 12.3 Å². The molecule has 1 aliphatic heterocycles. The smallest absolute Gasteiger partial charge is 0.125 e. The summed E-state index contributed by atoms with van der Waals surface area (Å²) in [6.45, 7) is 4.84. The molecule has 2 unspecified atom stereocenters. The Balaban J connectivity index is 2.21. The van der Waals surface area contributed by atoms with Crippen molar-refractivity contribution in [1.29, 1.82) is 5.26 Å². The maximum atomic E-state index is 13.4. The summed E-state index contributed by atoms with van der Waals surface area (Å²) in [4.78, 5) is 4.44. The average molecular weight is 261 g/mol. The van der Waals surface area contributed by atoms with E-state index < -0.39 is 0 Å². The van der Waals surface area contributed by atoms with Gasteiger partial charge in [0.05, 0.1) is 12.5 Å². The maximum absolute atomic E-state index is 13.4. The Morgan fingerprint density at radius 1 is 1.37 bits per heavy atom. The van der Waals surface area contributed by atoms with Crippen LogP contribution < -0.4 is 4.90 Å². The number of anilines is 1. The van der Waals surface area contributed by atoms with Gasteiger partial charge in [-0.15, -0.1) is 0 Å². The van der Waals surface area contributed by atoms with E-state index in [0.717, 1.165) is 25.3 Å². The second-order valence-corrected chi connectivity index (χ2v) is 5.45. The SMILES string of the molecule is CC1CN(c2cccc(F)c2)CC(CC#N)N(C)C1. The van der Waals surface area contributed by atoms with Gasteiger partial charge in [-0.3, -0.25) is 0 Å². The van der Waals surface area contributed by atoms with Crippen LogP contribution in [0, 0.1) is 23.1 Å². The van der Waals surface area contributed by atoms with Gasteiger partial charge >= 0.3 is 0 Å². The molecule has 0 bridgehead atoms. The van der Waals surface area contributed by atoms with Crippen LogP contribution in [0.25, 0.3) is 0 Å². The lowest BCUT2D eigenvalue weighted by Gasteiger charge is -2.28. The van der Waals surface area contributed by atoms with Crippen LogP contribution in [0.2, 0.25) is 0 Å². The summed E-state index contributed by atoms with van der Waals surface area (Å²) in [6, 6.07) is 9.17. The van der Waals surface area contributed by atoms with E-state index >= 15 is 0 Å². The van der Waals surface area contributed by atoms with Crippen molar-refractivity contribution in [3.05, 3.63) is 30.1 Å². The molecule has 4 heteroatoms. The number of likely N-dealkylation sites (N-methyl/N-ethyl adjacent to an activating group) is 1. The van der Waals surface area contributed by atoms with Gasteiger partial charge in [0.15, 0.2) is 0 Å². The van der Waals surface area contributed by atoms with Gasteiger partial charge in [-0.05, 0) is 31.2 Å².